The zero-order chi connectivity index (χ0) is 15.5. The van der Waals surface area contributed by atoms with Gasteiger partial charge in [0.15, 0.2) is 0 Å². The van der Waals surface area contributed by atoms with E-state index in [-0.39, 0.29) is 0 Å². The lowest BCUT2D eigenvalue weighted by Crippen LogP contribution is -2.00. The number of fused-ring (bicyclic) bond motifs is 2. The van der Waals surface area contributed by atoms with E-state index < -0.39 is 0 Å². The molecule has 0 fully saturated rings. The normalized spacial score (nSPS) is 11.1. The van der Waals surface area contributed by atoms with Crippen molar-refractivity contribution < 1.29 is 4.74 Å². The zero-order valence-electron chi connectivity index (χ0n) is 12.4. The van der Waals surface area contributed by atoms with Crippen LogP contribution in [-0.4, -0.2) is 19.9 Å². The van der Waals surface area contributed by atoms with Crippen LogP contribution in [-0.2, 0) is 18.0 Å². The molecule has 2 aromatic heterocycles. The average Bonchev–Trinajstić information content (AvgIpc) is 2.61. The number of hydrogen-bond donors (Lipinski definition) is 0. The molecule has 0 aliphatic carbocycles. The van der Waals surface area contributed by atoms with Crippen LogP contribution in [0.2, 0.25) is 0 Å². The van der Waals surface area contributed by atoms with E-state index in [0.29, 0.717) is 13.2 Å². The van der Waals surface area contributed by atoms with Gasteiger partial charge in [0.1, 0.15) is 0 Å². The molecule has 5 heteroatoms. The molecule has 23 heavy (non-hydrogen) atoms. The van der Waals surface area contributed by atoms with Crippen LogP contribution in [0.25, 0.3) is 22.1 Å². The Hall–Kier alpha value is -2.92. The van der Waals surface area contributed by atoms with Crippen molar-refractivity contribution in [3.8, 4) is 0 Å². The van der Waals surface area contributed by atoms with Gasteiger partial charge < -0.3 is 4.74 Å². The standard InChI is InChI=1S/C18H14N4O/c1-3-7-17-15(5-1)19-9-13(21-17)11-23-12-14-10-20-16-6-2-4-8-18(16)22-14/h1-10H,11-12H2. The Bertz CT molecular complexity index is 892. The van der Waals surface area contributed by atoms with Crippen LogP contribution in [0, 0.1) is 0 Å². The monoisotopic (exact) mass is 302 g/mol. The summed E-state index contributed by atoms with van der Waals surface area (Å²) in [4.78, 5) is 17.8. The second-order valence-electron chi connectivity index (χ2n) is 5.19. The van der Waals surface area contributed by atoms with Gasteiger partial charge in [-0.25, -0.2) is 9.97 Å². The van der Waals surface area contributed by atoms with E-state index in [1.807, 2.05) is 48.5 Å². The van der Waals surface area contributed by atoms with Crippen molar-refractivity contribution in [1.82, 2.24) is 19.9 Å². The predicted octanol–water partition coefficient (Wildman–Crippen LogP) is 3.29. The molecule has 0 bridgehead atoms. The number of benzene rings is 2. The first kappa shape index (κ1) is 13.7. The lowest BCUT2D eigenvalue weighted by molar-refractivity contribution is 0.102. The number of nitrogens with zero attached hydrogens (tertiary/aromatic N) is 4. The summed E-state index contributed by atoms with van der Waals surface area (Å²) in [5.41, 5.74) is 5.13. The van der Waals surface area contributed by atoms with Crippen molar-refractivity contribution in [2.24, 2.45) is 0 Å². The summed E-state index contributed by atoms with van der Waals surface area (Å²) in [6.45, 7) is 0.790. The first-order valence-electron chi connectivity index (χ1n) is 7.37. The molecule has 0 atom stereocenters. The molecule has 0 N–H and O–H groups in total. The predicted molar refractivity (Wildman–Crippen MR) is 87.6 cm³/mol. The molecule has 112 valence electrons. The number of hydrogen-bond acceptors (Lipinski definition) is 5. The smallest absolute Gasteiger partial charge is 0.0909 e. The van der Waals surface area contributed by atoms with E-state index in [0.717, 1.165) is 33.5 Å². The Labute approximate surface area is 133 Å². The summed E-state index contributed by atoms with van der Waals surface area (Å²) in [7, 11) is 0. The van der Waals surface area contributed by atoms with Crippen LogP contribution in [0.15, 0.2) is 60.9 Å². The minimum Gasteiger partial charge on any atom is -0.369 e. The number of aromatic nitrogens is 4. The van der Waals surface area contributed by atoms with Gasteiger partial charge in [-0.2, -0.15) is 0 Å². The van der Waals surface area contributed by atoms with Crippen LogP contribution >= 0.6 is 0 Å². The van der Waals surface area contributed by atoms with E-state index >= 15 is 0 Å². The number of ether oxygens (including phenoxy) is 1. The molecule has 2 aromatic carbocycles. The molecular weight excluding hydrogens is 288 g/mol. The first-order chi connectivity index (χ1) is 11.4. The third kappa shape index (κ3) is 3.00. The van der Waals surface area contributed by atoms with Crippen molar-refractivity contribution in [3.05, 3.63) is 72.3 Å². The second-order valence-corrected chi connectivity index (χ2v) is 5.19. The Morgan fingerprint density at radius 3 is 1.52 bits per heavy atom. The van der Waals surface area contributed by atoms with Crippen molar-refractivity contribution in [2.45, 2.75) is 13.2 Å². The molecule has 0 radical (unpaired) electrons. The van der Waals surface area contributed by atoms with E-state index in [1.165, 1.54) is 0 Å². The van der Waals surface area contributed by atoms with Crippen molar-refractivity contribution in [2.75, 3.05) is 0 Å². The van der Waals surface area contributed by atoms with E-state index in [1.54, 1.807) is 12.4 Å². The Kier molecular flexibility index (Phi) is 3.62. The van der Waals surface area contributed by atoms with Crippen LogP contribution in [0.3, 0.4) is 0 Å². The molecule has 4 rings (SSSR count). The van der Waals surface area contributed by atoms with E-state index in [2.05, 4.69) is 19.9 Å². The summed E-state index contributed by atoms with van der Waals surface area (Å²) in [5, 5.41) is 0. The van der Waals surface area contributed by atoms with Gasteiger partial charge >= 0.3 is 0 Å². The molecular formula is C18H14N4O. The van der Waals surface area contributed by atoms with Crippen LogP contribution in [0.1, 0.15) is 11.4 Å². The largest absolute Gasteiger partial charge is 0.369 e. The first-order valence-corrected chi connectivity index (χ1v) is 7.37. The van der Waals surface area contributed by atoms with Crippen LogP contribution < -0.4 is 0 Å². The fourth-order valence-electron chi connectivity index (χ4n) is 2.39. The maximum absolute atomic E-state index is 5.70. The molecule has 2 heterocycles. The molecule has 5 nitrogen and oxygen atoms in total. The van der Waals surface area contributed by atoms with Crippen molar-refractivity contribution >= 4 is 22.1 Å². The van der Waals surface area contributed by atoms with Crippen molar-refractivity contribution in [3.63, 3.8) is 0 Å². The average molecular weight is 302 g/mol. The molecule has 0 saturated carbocycles. The molecule has 0 aliphatic heterocycles. The van der Waals surface area contributed by atoms with Gasteiger partial charge in [-0.05, 0) is 24.3 Å². The topological polar surface area (TPSA) is 60.8 Å². The minimum absolute atomic E-state index is 0.395. The Morgan fingerprint density at radius 1 is 0.609 bits per heavy atom. The van der Waals surface area contributed by atoms with Gasteiger partial charge in [0, 0.05) is 0 Å². The zero-order valence-corrected chi connectivity index (χ0v) is 12.4. The van der Waals surface area contributed by atoms with Gasteiger partial charge in [-0.15, -0.1) is 0 Å². The lowest BCUT2D eigenvalue weighted by atomic mass is 10.3. The van der Waals surface area contributed by atoms with Gasteiger partial charge in [0.2, 0.25) is 0 Å². The summed E-state index contributed by atoms with van der Waals surface area (Å²) < 4.78 is 5.70. The SMILES string of the molecule is c1ccc2nc(COCc3cnc4ccccc4n3)cnc2c1. The van der Waals surface area contributed by atoms with Gasteiger partial charge in [-0.3, -0.25) is 9.97 Å². The van der Waals surface area contributed by atoms with E-state index in [4.69, 9.17) is 4.74 Å². The van der Waals surface area contributed by atoms with Crippen LogP contribution in [0.4, 0.5) is 0 Å². The molecule has 4 aromatic rings. The fourth-order valence-corrected chi connectivity index (χ4v) is 2.39. The highest BCUT2D eigenvalue weighted by Gasteiger charge is 2.02. The summed E-state index contributed by atoms with van der Waals surface area (Å²) in [6.07, 6.45) is 3.49. The highest BCUT2D eigenvalue weighted by atomic mass is 16.5. The molecule has 0 saturated heterocycles. The van der Waals surface area contributed by atoms with Gasteiger partial charge in [0.05, 0.1) is 59.1 Å². The summed E-state index contributed by atoms with van der Waals surface area (Å²) in [5.74, 6) is 0. The highest BCUT2D eigenvalue weighted by molar-refractivity contribution is 5.74. The van der Waals surface area contributed by atoms with Crippen LogP contribution in [0.5, 0.6) is 0 Å². The molecule has 0 spiro atoms. The maximum atomic E-state index is 5.70. The third-order valence-electron chi connectivity index (χ3n) is 3.50. The quantitative estimate of drug-likeness (QED) is 0.579. The summed E-state index contributed by atoms with van der Waals surface area (Å²) in [6, 6.07) is 15.6. The third-order valence-corrected chi connectivity index (χ3v) is 3.50. The highest BCUT2D eigenvalue weighted by Crippen LogP contribution is 2.11. The number of rotatable bonds is 4. The number of para-hydroxylation sites is 4. The van der Waals surface area contributed by atoms with Gasteiger partial charge in [0.25, 0.3) is 0 Å². The Morgan fingerprint density at radius 2 is 1.04 bits per heavy atom. The van der Waals surface area contributed by atoms with E-state index in [9.17, 15) is 0 Å². The molecule has 0 unspecified atom stereocenters. The van der Waals surface area contributed by atoms with Crippen molar-refractivity contribution in [1.29, 1.82) is 0 Å². The molecule has 0 amide bonds. The minimum atomic E-state index is 0.395. The maximum Gasteiger partial charge on any atom is 0.0909 e. The molecule has 0 aliphatic rings. The fraction of sp³-hybridized carbons (Fsp3) is 0.111. The van der Waals surface area contributed by atoms with Gasteiger partial charge in [-0.1, -0.05) is 24.3 Å². The Balaban J connectivity index is 1.45. The second kappa shape index (κ2) is 6.06. The summed E-state index contributed by atoms with van der Waals surface area (Å²) >= 11 is 0. The lowest BCUT2D eigenvalue weighted by Gasteiger charge is -2.05.